The number of nitrogens with zero attached hydrogens (tertiary/aromatic N) is 3. The number of amides is 2. The van der Waals surface area contributed by atoms with Gasteiger partial charge in [0.2, 0.25) is 0 Å². The average molecular weight is 396 g/mol. The molecule has 1 aliphatic rings. The molecule has 8 heteroatoms. The van der Waals surface area contributed by atoms with Gasteiger partial charge in [-0.3, -0.25) is 14.5 Å². The summed E-state index contributed by atoms with van der Waals surface area (Å²) in [6.07, 6.45) is 1.51. The van der Waals surface area contributed by atoms with Gasteiger partial charge in [-0.05, 0) is 24.3 Å². The minimum absolute atomic E-state index is 0.0706. The van der Waals surface area contributed by atoms with Gasteiger partial charge in [-0.25, -0.2) is 4.98 Å². The highest BCUT2D eigenvalue weighted by molar-refractivity contribution is 7.09. The third kappa shape index (κ3) is 4.29. The van der Waals surface area contributed by atoms with Gasteiger partial charge in [-0.1, -0.05) is 18.2 Å². The Labute approximate surface area is 166 Å². The van der Waals surface area contributed by atoms with E-state index in [1.165, 1.54) is 17.6 Å². The number of para-hydroxylation sites is 1. The maximum Gasteiger partial charge on any atom is 0.289 e. The quantitative estimate of drug-likeness (QED) is 0.717. The normalized spacial score (nSPS) is 14.8. The minimum Gasteiger partial charge on any atom is -0.459 e. The Balaban J connectivity index is 1.29. The number of carbonyl (C=O) groups excluding carboxylic acids is 2. The zero-order valence-electron chi connectivity index (χ0n) is 15.2. The zero-order chi connectivity index (χ0) is 19.3. The number of nitrogens with one attached hydrogen (secondary N) is 1. The largest absolute Gasteiger partial charge is 0.459 e. The van der Waals surface area contributed by atoms with E-state index in [0.717, 1.165) is 23.8 Å². The molecule has 144 valence electrons. The molecule has 1 fully saturated rings. The predicted molar refractivity (Wildman–Crippen MR) is 106 cm³/mol. The molecule has 0 unspecified atom stereocenters. The van der Waals surface area contributed by atoms with E-state index in [4.69, 9.17) is 4.42 Å². The first kappa shape index (κ1) is 18.4. The van der Waals surface area contributed by atoms with Crippen LogP contribution in [0.25, 0.3) is 0 Å². The second-order valence-electron chi connectivity index (χ2n) is 6.49. The van der Waals surface area contributed by atoms with Crippen molar-refractivity contribution in [3.63, 3.8) is 0 Å². The van der Waals surface area contributed by atoms with Crippen LogP contribution in [-0.4, -0.2) is 52.8 Å². The number of hydrogen-bond acceptors (Lipinski definition) is 6. The van der Waals surface area contributed by atoms with E-state index in [0.29, 0.717) is 31.1 Å². The van der Waals surface area contributed by atoms with E-state index in [-0.39, 0.29) is 11.8 Å². The van der Waals surface area contributed by atoms with E-state index in [1.54, 1.807) is 22.4 Å². The fourth-order valence-corrected chi connectivity index (χ4v) is 3.88. The molecule has 2 amide bonds. The highest BCUT2D eigenvalue weighted by Crippen LogP contribution is 2.16. The topological polar surface area (TPSA) is 78.7 Å². The van der Waals surface area contributed by atoms with E-state index < -0.39 is 0 Å². The molecule has 0 aliphatic carbocycles. The Bertz CT molecular complexity index is 932. The number of hydrogen-bond donors (Lipinski definition) is 1. The van der Waals surface area contributed by atoms with Crippen LogP contribution in [0.4, 0.5) is 5.69 Å². The highest BCUT2D eigenvalue weighted by atomic mass is 32.1. The molecule has 1 aliphatic heterocycles. The number of carbonyl (C=O) groups is 2. The molecule has 4 rings (SSSR count). The Morgan fingerprint density at radius 3 is 2.57 bits per heavy atom. The van der Waals surface area contributed by atoms with Gasteiger partial charge >= 0.3 is 0 Å². The minimum atomic E-state index is -0.206. The Kier molecular flexibility index (Phi) is 5.50. The van der Waals surface area contributed by atoms with Crippen LogP contribution < -0.4 is 5.32 Å². The van der Waals surface area contributed by atoms with Crippen LogP contribution in [0.3, 0.4) is 0 Å². The fraction of sp³-hybridized carbons (Fsp3) is 0.250. The van der Waals surface area contributed by atoms with Gasteiger partial charge in [0.1, 0.15) is 10.7 Å². The predicted octanol–water partition coefficient (Wildman–Crippen LogP) is 2.95. The number of aromatic nitrogens is 1. The van der Waals surface area contributed by atoms with Gasteiger partial charge in [-0.15, -0.1) is 11.3 Å². The van der Waals surface area contributed by atoms with E-state index >= 15 is 0 Å². The lowest BCUT2D eigenvalue weighted by Gasteiger charge is -2.33. The first-order chi connectivity index (χ1) is 13.7. The van der Waals surface area contributed by atoms with Gasteiger partial charge in [0.25, 0.3) is 11.8 Å². The number of thiazole rings is 1. The molecule has 1 N–H and O–H groups in total. The van der Waals surface area contributed by atoms with Crippen LogP contribution in [0.5, 0.6) is 0 Å². The average Bonchev–Trinajstić information content (AvgIpc) is 3.41. The molecule has 1 saturated heterocycles. The molecule has 28 heavy (non-hydrogen) atoms. The van der Waals surface area contributed by atoms with Crippen molar-refractivity contribution in [2.75, 3.05) is 31.5 Å². The first-order valence-corrected chi connectivity index (χ1v) is 9.93. The lowest BCUT2D eigenvalue weighted by molar-refractivity contribution is 0.0597. The van der Waals surface area contributed by atoms with Crippen molar-refractivity contribution >= 4 is 28.8 Å². The van der Waals surface area contributed by atoms with Crippen LogP contribution in [0, 0.1) is 0 Å². The van der Waals surface area contributed by atoms with Gasteiger partial charge in [0, 0.05) is 37.2 Å². The van der Waals surface area contributed by atoms with Crippen LogP contribution in [-0.2, 0) is 6.54 Å². The van der Waals surface area contributed by atoms with E-state index in [9.17, 15) is 9.59 Å². The summed E-state index contributed by atoms with van der Waals surface area (Å²) in [5.41, 5.74) is 1.18. The molecule has 0 atom stereocenters. The number of piperazine rings is 1. The summed E-state index contributed by atoms with van der Waals surface area (Å²) in [5, 5.41) is 5.52. The van der Waals surface area contributed by atoms with Gasteiger partial charge in [-0.2, -0.15) is 0 Å². The molecule has 0 spiro atoms. The van der Waals surface area contributed by atoms with Crippen molar-refractivity contribution in [3.05, 3.63) is 70.6 Å². The molecule has 3 aromatic rings. The summed E-state index contributed by atoms with van der Waals surface area (Å²) < 4.78 is 5.19. The highest BCUT2D eigenvalue weighted by Gasteiger charge is 2.24. The van der Waals surface area contributed by atoms with Crippen molar-refractivity contribution in [2.45, 2.75) is 6.54 Å². The molecule has 0 saturated carbocycles. The second kappa shape index (κ2) is 8.37. The van der Waals surface area contributed by atoms with E-state index in [2.05, 4.69) is 15.2 Å². The van der Waals surface area contributed by atoms with Gasteiger partial charge in [0.15, 0.2) is 5.76 Å². The molecule has 0 radical (unpaired) electrons. The zero-order valence-corrected chi connectivity index (χ0v) is 16.0. The summed E-state index contributed by atoms with van der Waals surface area (Å²) in [5.74, 6) is 0.101. The SMILES string of the molecule is O=C(Nc1ccccc1)c1csc(CN2CCN(C(=O)c3ccco3)CC2)n1. The van der Waals surface area contributed by atoms with Crippen molar-refractivity contribution in [2.24, 2.45) is 0 Å². The van der Waals surface area contributed by atoms with Crippen LogP contribution >= 0.6 is 11.3 Å². The molecule has 1 aromatic carbocycles. The second-order valence-corrected chi connectivity index (χ2v) is 7.43. The van der Waals surface area contributed by atoms with Crippen LogP contribution in [0.15, 0.2) is 58.5 Å². The van der Waals surface area contributed by atoms with Crippen molar-refractivity contribution in [3.8, 4) is 0 Å². The monoisotopic (exact) mass is 396 g/mol. The number of benzene rings is 1. The maximum atomic E-state index is 12.3. The third-order valence-electron chi connectivity index (χ3n) is 4.57. The van der Waals surface area contributed by atoms with Crippen LogP contribution in [0.1, 0.15) is 26.1 Å². The van der Waals surface area contributed by atoms with E-state index in [1.807, 2.05) is 30.3 Å². The molecule has 0 bridgehead atoms. The molecular formula is C20H20N4O3S. The van der Waals surface area contributed by atoms with Gasteiger partial charge < -0.3 is 14.6 Å². The number of furan rings is 1. The van der Waals surface area contributed by atoms with Crippen LogP contribution in [0.2, 0.25) is 0 Å². The smallest absolute Gasteiger partial charge is 0.289 e. The summed E-state index contributed by atoms with van der Waals surface area (Å²) in [6.45, 7) is 3.49. The lowest BCUT2D eigenvalue weighted by atomic mass is 10.3. The Hall–Kier alpha value is -2.97. The van der Waals surface area contributed by atoms with Crippen molar-refractivity contribution in [1.29, 1.82) is 0 Å². The summed E-state index contributed by atoms with van der Waals surface area (Å²) in [7, 11) is 0. The Morgan fingerprint density at radius 1 is 1.07 bits per heavy atom. The number of rotatable bonds is 5. The summed E-state index contributed by atoms with van der Waals surface area (Å²) in [4.78, 5) is 33.1. The fourth-order valence-electron chi connectivity index (χ4n) is 3.06. The summed E-state index contributed by atoms with van der Waals surface area (Å²) >= 11 is 1.48. The van der Waals surface area contributed by atoms with Crippen molar-refractivity contribution < 1.29 is 14.0 Å². The number of anilines is 1. The first-order valence-electron chi connectivity index (χ1n) is 9.05. The van der Waals surface area contributed by atoms with Gasteiger partial charge in [0.05, 0.1) is 12.8 Å². The Morgan fingerprint density at radius 2 is 1.86 bits per heavy atom. The lowest BCUT2D eigenvalue weighted by Crippen LogP contribution is -2.48. The molecular weight excluding hydrogens is 376 g/mol. The molecule has 7 nitrogen and oxygen atoms in total. The molecule has 3 heterocycles. The standard InChI is InChI=1S/C20H20N4O3S/c25-19(21-15-5-2-1-3-6-15)16-14-28-18(22-16)13-23-8-10-24(11-9-23)20(26)17-7-4-12-27-17/h1-7,12,14H,8-11,13H2,(H,21,25). The maximum absolute atomic E-state index is 12.3. The molecule has 2 aromatic heterocycles. The van der Waals surface area contributed by atoms with Crippen molar-refractivity contribution in [1.82, 2.24) is 14.8 Å². The summed E-state index contributed by atoms with van der Waals surface area (Å²) in [6, 6.07) is 12.7. The third-order valence-corrected chi connectivity index (χ3v) is 5.40.